The third-order valence-corrected chi connectivity index (χ3v) is 3.81. The van der Waals surface area contributed by atoms with Gasteiger partial charge in [0.15, 0.2) is 5.54 Å². The number of carbonyl (C=O) groups is 2. The lowest BCUT2D eigenvalue weighted by Gasteiger charge is -2.32. The zero-order chi connectivity index (χ0) is 15.1. The highest BCUT2D eigenvalue weighted by atomic mass is 19.4. The van der Waals surface area contributed by atoms with Crippen molar-refractivity contribution in [1.29, 1.82) is 0 Å². The number of carbonyl (C=O) groups excluding carboxylic acids is 1. The molecule has 1 saturated carbocycles. The largest absolute Gasteiger partial charge is 0.481 e. The fourth-order valence-electron chi connectivity index (χ4n) is 2.09. The van der Waals surface area contributed by atoms with Crippen molar-refractivity contribution in [2.24, 2.45) is 11.1 Å². The Hall–Kier alpha value is -1.31. The molecule has 1 aliphatic rings. The van der Waals surface area contributed by atoms with Crippen molar-refractivity contribution in [3.05, 3.63) is 0 Å². The zero-order valence-corrected chi connectivity index (χ0v) is 10.7. The minimum absolute atomic E-state index is 0.306. The van der Waals surface area contributed by atoms with Crippen molar-refractivity contribution in [3.63, 3.8) is 0 Å². The molecular weight excluding hydrogens is 265 g/mol. The number of alkyl halides is 3. The van der Waals surface area contributed by atoms with Crippen LogP contribution in [0.1, 0.15) is 33.1 Å². The number of nitrogens with two attached hydrogens (primary N) is 1. The Bertz CT molecular complexity index is 395. The van der Waals surface area contributed by atoms with Gasteiger partial charge in [0.2, 0.25) is 5.91 Å². The van der Waals surface area contributed by atoms with E-state index in [2.05, 4.69) is 5.32 Å². The number of aliphatic carboxylic acids is 1. The van der Waals surface area contributed by atoms with Gasteiger partial charge in [0.25, 0.3) is 0 Å². The molecule has 1 amide bonds. The quantitative estimate of drug-likeness (QED) is 0.720. The molecule has 1 rings (SSSR count). The first kappa shape index (κ1) is 15.7. The molecule has 0 radical (unpaired) electrons. The van der Waals surface area contributed by atoms with E-state index in [4.69, 9.17) is 10.8 Å². The molecule has 5 nitrogen and oxygen atoms in total. The molecule has 110 valence electrons. The van der Waals surface area contributed by atoms with Gasteiger partial charge in [0, 0.05) is 6.04 Å². The third-order valence-electron chi connectivity index (χ3n) is 3.81. The second kappa shape index (κ2) is 4.66. The number of hydrogen-bond donors (Lipinski definition) is 3. The lowest BCUT2D eigenvalue weighted by atomic mass is 9.84. The normalized spacial score (nSPS) is 30.7. The number of nitrogens with one attached hydrogen (secondary N) is 1. The summed E-state index contributed by atoms with van der Waals surface area (Å²) in [6, 6.07) is -0.845. The standard InChI is InChI=1S/C11H17F3N2O3/c1-9(8(18)19)5-3-4-6(9)16-7(17)10(2,15)11(12,13)14/h6H,3-5,15H2,1-2H3,(H,16,17)(H,18,19). The number of carboxylic acids is 1. The minimum atomic E-state index is -4.89. The smallest absolute Gasteiger partial charge is 0.415 e. The van der Waals surface area contributed by atoms with Gasteiger partial charge in [-0.2, -0.15) is 13.2 Å². The lowest BCUT2D eigenvalue weighted by Crippen LogP contribution is -2.64. The van der Waals surface area contributed by atoms with Gasteiger partial charge in [-0.1, -0.05) is 6.42 Å². The summed E-state index contributed by atoms with van der Waals surface area (Å²) in [5.41, 5.74) is 0.710. The highest BCUT2D eigenvalue weighted by molar-refractivity contribution is 5.88. The highest BCUT2D eigenvalue weighted by Crippen LogP contribution is 2.39. The molecule has 0 bridgehead atoms. The van der Waals surface area contributed by atoms with E-state index >= 15 is 0 Å². The Kier molecular flexibility index (Phi) is 3.86. The van der Waals surface area contributed by atoms with Gasteiger partial charge in [0.05, 0.1) is 5.41 Å². The van der Waals surface area contributed by atoms with Gasteiger partial charge in [-0.05, 0) is 26.7 Å². The first-order chi connectivity index (χ1) is 8.43. The molecule has 0 heterocycles. The summed E-state index contributed by atoms with van der Waals surface area (Å²) in [5.74, 6) is -2.54. The van der Waals surface area contributed by atoms with E-state index in [0.717, 1.165) is 0 Å². The van der Waals surface area contributed by atoms with E-state index in [1.807, 2.05) is 0 Å². The molecule has 3 unspecified atom stereocenters. The van der Waals surface area contributed by atoms with Crippen LogP contribution >= 0.6 is 0 Å². The second-order valence-corrected chi connectivity index (χ2v) is 5.34. The van der Waals surface area contributed by atoms with Crippen LogP contribution in [-0.4, -0.2) is 34.7 Å². The van der Waals surface area contributed by atoms with Crippen LogP contribution in [-0.2, 0) is 9.59 Å². The Balaban J connectivity index is 2.86. The molecule has 0 aliphatic heterocycles. The molecule has 8 heteroatoms. The number of rotatable bonds is 3. The summed E-state index contributed by atoms with van der Waals surface area (Å²) < 4.78 is 37.8. The first-order valence-electron chi connectivity index (χ1n) is 5.83. The fraction of sp³-hybridized carbons (Fsp3) is 0.818. The van der Waals surface area contributed by atoms with Gasteiger partial charge >= 0.3 is 12.1 Å². The Morgan fingerprint density at radius 3 is 2.37 bits per heavy atom. The van der Waals surface area contributed by atoms with Gasteiger partial charge in [-0.25, -0.2) is 0 Å². The predicted octanol–water partition coefficient (Wildman–Crippen LogP) is 1.03. The van der Waals surface area contributed by atoms with E-state index in [1.165, 1.54) is 6.92 Å². The monoisotopic (exact) mass is 282 g/mol. The van der Waals surface area contributed by atoms with Gasteiger partial charge in [-0.15, -0.1) is 0 Å². The maximum absolute atomic E-state index is 12.6. The Labute approximate surface area is 108 Å². The highest BCUT2D eigenvalue weighted by Gasteiger charge is 2.56. The van der Waals surface area contributed by atoms with Crippen molar-refractivity contribution in [2.75, 3.05) is 0 Å². The van der Waals surface area contributed by atoms with E-state index in [1.54, 1.807) is 0 Å². The SMILES string of the molecule is CC1(C(=O)O)CCCC1NC(=O)C(C)(N)C(F)(F)F. The molecule has 1 aliphatic carbocycles. The van der Waals surface area contributed by atoms with Crippen LogP contribution in [0.15, 0.2) is 0 Å². The molecule has 0 aromatic heterocycles. The van der Waals surface area contributed by atoms with E-state index in [0.29, 0.717) is 26.2 Å². The van der Waals surface area contributed by atoms with Crippen LogP contribution in [0.2, 0.25) is 0 Å². The van der Waals surface area contributed by atoms with Crippen LogP contribution in [0.5, 0.6) is 0 Å². The van der Waals surface area contributed by atoms with Crippen molar-refractivity contribution >= 4 is 11.9 Å². The topological polar surface area (TPSA) is 92.4 Å². The van der Waals surface area contributed by atoms with Crippen molar-refractivity contribution in [1.82, 2.24) is 5.32 Å². The maximum Gasteiger partial charge on any atom is 0.415 e. The average Bonchev–Trinajstić information content (AvgIpc) is 2.60. The summed E-state index contributed by atoms with van der Waals surface area (Å²) in [7, 11) is 0. The Morgan fingerprint density at radius 1 is 1.42 bits per heavy atom. The van der Waals surface area contributed by atoms with Crippen LogP contribution in [0.25, 0.3) is 0 Å². The number of halogens is 3. The zero-order valence-electron chi connectivity index (χ0n) is 10.7. The minimum Gasteiger partial charge on any atom is -0.481 e. The van der Waals surface area contributed by atoms with Gasteiger partial charge in [0.1, 0.15) is 0 Å². The number of carboxylic acid groups (broad SMARTS) is 1. The number of hydrogen-bond acceptors (Lipinski definition) is 3. The Morgan fingerprint density at radius 2 is 1.95 bits per heavy atom. The second-order valence-electron chi connectivity index (χ2n) is 5.34. The van der Waals surface area contributed by atoms with Crippen molar-refractivity contribution in [3.8, 4) is 0 Å². The molecule has 3 atom stereocenters. The summed E-state index contributed by atoms with van der Waals surface area (Å²) in [6.07, 6.45) is -3.74. The van der Waals surface area contributed by atoms with Crippen molar-refractivity contribution in [2.45, 2.75) is 50.9 Å². The molecule has 1 fully saturated rings. The summed E-state index contributed by atoms with van der Waals surface area (Å²) in [5, 5.41) is 11.2. The lowest BCUT2D eigenvalue weighted by molar-refractivity contribution is -0.188. The molecule has 19 heavy (non-hydrogen) atoms. The van der Waals surface area contributed by atoms with Crippen LogP contribution in [0.3, 0.4) is 0 Å². The molecule has 0 saturated heterocycles. The van der Waals surface area contributed by atoms with Crippen molar-refractivity contribution < 1.29 is 27.9 Å². The molecule has 0 aromatic rings. The van der Waals surface area contributed by atoms with Gasteiger partial charge in [-0.3, -0.25) is 9.59 Å². The van der Waals surface area contributed by atoms with Crippen LogP contribution in [0, 0.1) is 5.41 Å². The van der Waals surface area contributed by atoms with Crippen LogP contribution in [0.4, 0.5) is 13.2 Å². The van der Waals surface area contributed by atoms with E-state index in [9.17, 15) is 22.8 Å². The first-order valence-corrected chi connectivity index (χ1v) is 5.83. The summed E-state index contributed by atoms with van der Waals surface area (Å²) in [4.78, 5) is 22.8. The predicted molar refractivity (Wildman–Crippen MR) is 60.2 cm³/mol. The molecule has 0 aromatic carbocycles. The van der Waals surface area contributed by atoms with Crippen LogP contribution < -0.4 is 11.1 Å². The van der Waals surface area contributed by atoms with Gasteiger partial charge < -0.3 is 16.2 Å². The van der Waals surface area contributed by atoms with E-state index in [-0.39, 0.29) is 0 Å². The molecule has 0 spiro atoms. The summed E-state index contributed by atoms with van der Waals surface area (Å²) >= 11 is 0. The summed E-state index contributed by atoms with van der Waals surface area (Å²) in [6.45, 7) is 1.98. The fourth-order valence-corrected chi connectivity index (χ4v) is 2.09. The molecular formula is C11H17F3N2O3. The average molecular weight is 282 g/mol. The maximum atomic E-state index is 12.6. The third kappa shape index (κ3) is 2.68. The molecule has 4 N–H and O–H groups in total. The van der Waals surface area contributed by atoms with E-state index < -0.39 is 35.0 Å². The number of amides is 1.